The Kier molecular flexibility index (Phi) is 6.11. The van der Waals surface area contributed by atoms with E-state index in [0.29, 0.717) is 12.0 Å². The van der Waals surface area contributed by atoms with E-state index in [2.05, 4.69) is 17.1 Å². The van der Waals surface area contributed by atoms with E-state index < -0.39 is 0 Å². The summed E-state index contributed by atoms with van der Waals surface area (Å²) in [6, 6.07) is 0. The van der Waals surface area contributed by atoms with Gasteiger partial charge in [-0.25, -0.2) is 0 Å². The molecule has 0 amide bonds. The minimum atomic E-state index is 0.362. The van der Waals surface area contributed by atoms with Gasteiger partial charge >= 0.3 is 0 Å². The standard InChI is InChI=1S/C16H32N2O/c1-2-17-13-16(8-3-4-9-16)14-18-10-5-6-15(12-18)7-11-19/h15,17,19H,2-14H2,1H3. The zero-order chi connectivity index (χ0) is 13.6. The highest BCUT2D eigenvalue weighted by Crippen LogP contribution is 2.39. The summed E-state index contributed by atoms with van der Waals surface area (Å²) in [6.07, 6.45) is 9.27. The van der Waals surface area contributed by atoms with Gasteiger partial charge in [0, 0.05) is 26.2 Å². The second-order valence-electron chi connectivity index (χ2n) is 6.74. The van der Waals surface area contributed by atoms with Crippen LogP contribution in [-0.4, -0.2) is 49.3 Å². The van der Waals surface area contributed by atoms with Crippen molar-refractivity contribution in [2.45, 2.75) is 51.9 Å². The van der Waals surface area contributed by atoms with Crippen LogP contribution in [0.15, 0.2) is 0 Å². The number of aliphatic hydroxyl groups is 1. The van der Waals surface area contributed by atoms with Crippen molar-refractivity contribution in [1.29, 1.82) is 0 Å². The number of aliphatic hydroxyl groups excluding tert-OH is 1. The van der Waals surface area contributed by atoms with Gasteiger partial charge in [0.2, 0.25) is 0 Å². The average molecular weight is 268 g/mol. The Balaban J connectivity index is 1.85. The zero-order valence-electron chi connectivity index (χ0n) is 12.7. The zero-order valence-corrected chi connectivity index (χ0v) is 12.7. The summed E-state index contributed by atoms with van der Waals surface area (Å²) in [5.41, 5.74) is 0.539. The summed E-state index contributed by atoms with van der Waals surface area (Å²) < 4.78 is 0. The van der Waals surface area contributed by atoms with Crippen molar-refractivity contribution >= 4 is 0 Å². The van der Waals surface area contributed by atoms with Gasteiger partial charge in [0.1, 0.15) is 0 Å². The highest BCUT2D eigenvalue weighted by atomic mass is 16.3. The third-order valence-electron chi connectivity index (χ3n) is 5.11. The molecule has 2 aliphatic rings. The fourth-order valence-electron chi connectivity index (χ4n) is 4.09. The third-order valence-corrected chi connectivity index (χ3v) is 5.11. The molecule has 112 valence electrons. The quantitative estimate of drug-likeness (QED) is 0.743. The van der Waals surface area contributed by atoms with Crippen LogP contribution in [0.2, 0.25) is 0 Å². The Morgan fingerprint density at radius 1 is 1.26 bits per heavy atom. The van der Waals surface area contributed by atoms with E-state index in [1.165, 1.54) is 64.7 Å². The molecule has 1 saturated carbocycles. The van der Waals surface area contributed by atoms with Gasteiger partial charge in [-0.15, -0.1) is 0 Å². The summed E-state index contributed by atoms with van der Waals surface area (Å²) in [7, 11) is 0. The van der Waals surface area contributed by atoms with Crippen molar-refractivity contribution in [2.75, 3.05) is 39.3 Å². The smallest absolute Gasteiger partial charge is 0.0434 e. The number of likely N-dealkylation sites (tertiary alicyclic amines) is 1. The largest absolute Gasteiger partial charge is 0.396 e. The first-order valence-corrected chi connectivity index (χ1v) is 8.32. The van der Waals surface area contributed by atoms with E-state index in [1.807, 2.05) is 0 Å². The lowest BCUT2D eigenvalue weighted by Crippen LogP contribution is -2.46. The first kappa shape index (κ1) is 15.3. The number of nitrogens with one attached hydrogen (secondary N) is 1. The molecule has 0 bridgehead atoms. The third kappa shape index (κ3) is 4.44. The van der Waals surface area contributed by atoms with Gasteiger partial charge in [-0.05, 0) is 56.5 Å². The minimum absolute atomic E-state index is 0.362. The molecule has 0 aromatic carbocycles. The van der Waals surface area contributed by atoms with E-state index in [4.69, 9.17) is 5.11 Å². The molecule has 2 fully saturated rings. The summed E-state index contributed by atoms with van der Waals surface area (Å²) >= 11 is 0. The molecule has 1 heterocycles. The van der Waals surface area contributed by atoms with Crippen LogP contribution >= 0.6 is 0 Å². The fraction of sp³-hybridized carbons (Fsp3) is 1.00. The molecule has 0 radical (unpaired) electrons. The normalized spacial score (nSPS) is 27.8. The van der Waals surface area contributed by atoms with Crippen LogP contribution in [0.3, 0.4) is 0 Å². The lowest BCUT2D eigenvalue weighted by Gasteiger charge is -2.40. The number of piperidine rings is 1. The van der Waals surface area contributed by atoms with Gasteiger partial charge in [0.15, 0.2) is 0 Å². The Bertz CT molecular complexity index is 249. The molecular formula is C16H32N2O. The molecule has 19 heavy (non-hydrogen) atoms. The molecule has 2 N–H and O–H groups in total. The Morgan fingerprint density at radius 2 is 2.05 bits per heavy atom. The summed E-state index contributed by atoms with van der Waals surface area (Å²) in [4.78, 5) is 2.69. The SMILES string of the molecule is CCNCC1(CN2CCCC(CCO)C2)CCCC1. The van der Waals surface area contributed by atoms with Gasteiger partial charge < -0.3 is 15.3 Å². The monoisotopic (exact) mass is 268 g/mol. The fourth-order valence-corrected chi connectivity index (χ4v) is 4.09. The molecule has 1 aliphatic carbocycles. The summed E-state index contributed by atoms with van der Waals surface area (Å²) in [5.74, 6) is 0.733. The molecule has 0 aromatic heterocycles. The van der Waals surface area contributed by atoms with Crippen molar-refractivity contribution in [1.82, 2.24) is 10.2 Å². The van der Waals surface area contributed by atoms with E-state index in [0.717, 1.165) is 18.9 Å². The van der Waals surface area contributed by atoms with Crippen LogP contribution in [0.4, 0.5) is 0 Å². The minimum Gasteiger partial charge on any atom is -0.396 e. The molecule has 2 rings (SSSR count). The Labute approximate surface area is 118 Å². The predicted molar refractivity (Wildman–Crippen MR) is 80.3 cm³/mol. The molecule has 0 spiro atoms. The van der Waals surface area contributed by atoms with Crippen LogP contribution in [0, 0.1) is 11.3 Å². The maximum absolute atomic E-state index is 9.13. The molecule has 3 heteroatoms. The summed E-state index contributed by atoms with van der Waals surface area (Å²) in [5, 5.41) is 12.7. The Morgan fingerprint density at radius 3 is 2.74 bits per heavy atom. The lowest BCUT2D eigenvalue weighted by atomic mass is 9.84. The maximum atomic E-state index is 9.13. The second kappa shape index (κ2) is 7.61. The van der Waals surface area contributed by atoms with Crippen molar-refractivity contribution in [3.05, 3.63) is 0 Å². The first-order chi connectivity index (χ1) is 9.28. The molecular weight excluding hydrogens is 236 g/mol. The van der Waals surface area contributed by atoms with Crippen LogP contribution in [0.5, 0.6) is 0 Å². The highest BCUT2D eigenvalue weighted by molar-refractivity contribution is 4.90. The van der Waals surface area contributed by atoms with E-state index in [1.54, 1.807) is 0 Å². The van der Waals surface area contributed by atoms with Gasteiger partial charge in [0.25, 0.3) is 0 Å². The molecule has 1 aliphatic heterocycles. The number of rotatable bonds is 7. The second-order valence-corrected chi connectivity index (χ2v) is 6.74. The van der Waals surface area contributed by atoms with Crippen molar-refractivity contribution in [2.24, 2.45) is 11.3 Å². The van der Waals surface area contributed by atoms with Crippen LogP contribution < -0.4 is 5.32 Å². The number of hydrogen-bond acceptors (Lipinski definition) is 3. The molecule has 3 nitrogen and oxygen atoms in total. The summed E-state index contributed by atoms with van der Waals surface area (Å²) in [6.45, 7) is 8.63. The number of nitrogens with zero attached hydrogens (tertiary/aromatic N) is 1. The molecule has 1 saturated heterocycles. The van der Waals surface area contributed by atoms with Crippen molar-refractivity contribution in [3.8, 4) is 0 Å². The van der Waals surface area contributed by atoms with E-state index >= 15 is 0 Å². The van der Waals surface area contributed by atoms with Crippen LogP contribution in [0.25, 0.3) is 0 Å². The van der Waals surface area contributed by atoms with Gasteiger partial charge in [-0.3, -0.25) is 0 Å². The van der Waals surface area contributed by atoms with Crippen LogP contribution in [0.1, 0.15) is 51.9 Å². The van der Waals surface area contributed by atoms with E-state index in [9.17, 15) is 0 Å². The molecule has 1 unspecified atom stereocenters. The number of hydrogen-bond donors (Lipinski definition) is 2. The van der Waals surface area contributed by atoms with Crippen LogP contribution in [-0.2, 0) is 0 Å². The first-order valence-electron chi connectivity index (χ1n) is 8.32. The average Bonchev–Trinajstić information content (AvgIpc) is 2.86. The van der Waals surface area contributed by atoms with Crippen molar-refractivity contribution < 1.29 is 5.11 Å². The Hall–Kier alpha value is -0.120. The molecule has 0 aromatic rings. The maximum Gasteiger partial charge on any atom is 0.0434 e. The lowest BCUT2D eigenvalue weighted by molar-refractivity contribution is 0.0934. The molecule has 1 atom stereocenters. The van der Waals surface area contributed by atoms with Gasteiger partial charge in [0.05, 0.1) is 0 Å². The van der Waals surface area contributed by atoms with E-state index in [-0.39, 0.29) is 0 Å². The predicted octanol–water partition coefficient (Wildman–Crippen LogP) is 2.25. The van der Waals surface area contributed by atoms with Gasteiger partial charge in [-0.2, -0.15) is 0 Å². The topological polar surface area (TPSA) is 35.5 Å². The van der Waals surface area contributed by atoms with Crippen molar-refractivity contribution in [3.63, 3.8) is 0 Å². The van der Waals surface area contributed by atoms with Gasteiger partial charge in [-0.1, -0.05) is 19.8 Å². The highest BCUT2D eigenvalue weighted by Gasteiger charge is 2.36.